The van der Waals surface area contributed by atoms with E-state index in [4.69, 9.17) is 66.3 Å². The van der Waals surface area contributed by atoms with Crippen molar-refractivity contribution in [1.82, 2.24) is 10.2 Å². The molecular weight excluding hydrogens is 1340 g/mol. The largest absolute Gasteiger partial charge is 0.459 e. The number of rotatable bonds is 22. The third-order valence-electron chi connectivity index (χ3n) is 25.5. The number of hydrogen-bond acceptors (Lipinski definition) is 26. The fraction of sp³-hybridized carbons (Fsp3) is 0.974. The smallest absolute Gasteiger partial charge is 0.311 e. The van der Waals surface area contributed by atoms with Crippen molar-refractivity contribution in [1.29, 1.82) is 0 Å². The molecule has 0 aromatic heterocycles. The number of nitrogens with one attached hydrogen (secondary N) is 1. The quantitative estimate of drug-likeness (QED) is 0.0414. The second-order valence-electron chi connectivity index (χ2n) is 34.1. The van der Waals surface area contributed by atoms with Crippen molar-refractivity contribution in [2.24, 2.45) is 47.3 Å². The maximum absolute atomic E-state index is 14.4. The summed E-state index contributed by atoms with van der Waals surface area (Å²) in [6, 6.07) is -0.457. The zero-order chi connectivity index (χ0) is 77.3. The van der Waals surface area contributed by atoms with Crippen molar-refractivity contribution in [2.75, 3.05) is 34.9 Å². The van der Waals surface area contributed by atoms with Gasteiger partial charge < -0.3 is 117 Å². The molecule has 26 heteroatoms. The molecular formula is C77H140N2O24. The number of ether oxygens (including phenoxy) is 14. The molecule has 4 bridgehead atoms. The van der Waals surface area contributed by atoms with Crippen molar-refractivity contribution < 1.29 is 117 Å². The summed E-state index contributed by atoms with van der Waals surface area (Å²) >= 11 is 0. The van der Waals surface area contributed by atoms with Gasteiger partial charge in [-0.2, -0.15) is 0 Å². The summed E-state index contributed by atoms with van der Waals surface area (Å²) in [5.74, 6) is -5.35. The molecule has 9 N–H and O–H groups in total. The van der Waals surface area contributed by atoms with Gasteiger partial charge in [0.25, 0.3) is 0 Å². The highest BCUT2D eigenvalue weighted by Gasteiger charge is 2.62. The first-order valence-corrected chi connectivity index (χ1v) is 38.9. The Kier molecular flexibility index (Phi) is 30.5. The summed E-state index contributed by atoms with van der Waals surface area (Å²) in [6.45, 7) is 39.7. The monoisotopic (exact) mass is 1480 g/mol. The number of aliphatic hydroxyl groups excluding tert-OH is 6. The van der Waals surface area contributed by atoms with Crippen molar-refractivity contribution in [3.63, 3.8) is 0 Å². The van der Waals surface area contributed by atoms with Crippen LogP contribution in [0.4, 0.5) is 0 Å². The van der Waals surface area contributed by atoms with Crippen LogP contribution in [0.25, 0.3) is 0 Å². The SMILES string of the molecule is CCCCCN(C)C1CC(C)O[C@@H](O[C@@H]2[C@@H](C)[C@H](O[C@H]3CC(C)(OC)[C@@H](O)C(C)O3)[C@@H](C)C(=O)O[C@@H]([C@](C)(O)[C@H](O)CC)[C@@H](C)C3O[C@@]2(C)CC3C)C1O.CC[C@@H](O)[C@@](C)(O)[C@@H]1OC(=O)[C@H](C)[C@@H](O[C@H]2CC(C)(OC)[C@@H](O)C(C)O2)[C@H](C)[C@@H](O[C@@H]2OC(C)CC(NC)C2O)[C@]2(C)CC(C)C(O2)[C@@H]1C. The lowest BCUT2D eigenvalue weighted by atomic mass is 9.76. The van der Waals surface area contributed by atoms with Crippen LogP contribution < -0.4 is 5.32 Å². The van der Waals surface area contributed by atoms with Gasteiger partial charge in [-0.05, 0) is 161 Å². The van der Waals surface area contributed by atoms with Gasteiger partial charge in [-0.1, -0.05) is 75.2 Å². The van der Waals surface area contributed by atoms with Crippen molar-refractivity contribution in [3.8, 4) is 0 Å². The summed E-state index contributed by atoms with van der Waals surface area (Å²) in [7, 11) is 6.90. The molecule has 0 aromatic rings. The number of carbonyl (C=O) groups excluding carboxylic acids is 2. The van der Waals surface area contributed by atoms with E-state index in [0.29, 0.717) is 25.7 Å². The molecule has 602 valence electrons. The molecule has 0 spiro atoms. The lowest BCUT2D eigenvalue weighted by Gasteiger charge is -2.48. The summed E-state index contributed by atoms with van der Waals surface area (Å²) in [5.41, 5.74) is -7.44. The van der Waals surface area contributed by atoms with E-state index in [1.165, 1.54) is 28.1 Å². The van der Waals surface area contributed by atoms with Crippen LogP contribution in [0, 0.1) is 47.3 Å². The Bertz CT molecular complexity index is 2670. The second kappa shape index (κ2) is 35.6. The number of hydrogen-bond donors (Lipinski definition) is 9. The number of nitrogens with zero attached hydrogens (tertiary/aromatic N) is 1. The average molecular weight is 1480 g/mol. The fourth-order valence-corrected chi connectivity index (χ4v) is 18.9. The van der Waals surface area contributed by atoms with Crippen LogP contribution in [-0.4, -0.2) is 273 Å². The minimum absolute atomic E-state index is 0.0575. The predicted octanol–water partition coefficient (Wildman–Crippen LogP) is 6.46. The normalized spacial score (nSPS) is 48.4. The Morgan fingerprint density at radius 1 is 0.563 bits per heavy atom. The molecule has 38 atom stereocenters. The molecule has 103 heavy (non-hydrogen) atoms. The molecule has 8 fully saturated rings. The van der Waals surface area contributed by atoms with Gasteiger partial charge in [0.05, 0.1) is 107 Å². The molecule has 0 saturated carbocycles. The van der Waals surface area contributed by atoms with Gasteiger partial charge in [0, 0.05) is 62.8 Å². The average Bonchev–Trinajstić information content (AvgIpc) is 1.65. The summed E-state index contributed by atoms with van der Waals surface area (Å²) < 4.78 is 90.4. The van der Waals surface area contributed by atoms with E-state index in [2.05, 4.69) is 31.0 Å². The third kappa shape index (κ3) is 19.0. The highest BCUT2D eigenvalue weighted by Crippen LogP contribution is 2.52. The van der Waals surface area contributed by atoms with E-state index in [1.807, 2.05) is 62.4 Å². The van der Waals surface area contributed by atoms with Crippen molar-refractivity contribution >= 4 is 11.9 Å². The van der Waals surface area contributed by atoms with Gasteiger partial charge in [-0.25, -0.2) is 0 Å². The fourth-order valence-electron chi connectivity index (χ4n) is 18.9. The lowest BCUT2D eigenvalue weighted by Crippen LogP contribution is -2.60. The first-order chi connectivity index (χ1) is 47.9. The van der Waals surface area contributed by atoms with Crippen LogP contribution in [0.3, 0.4) is 0 Å². The molecule has 8 aliphatic rings. The van der Waals surface area contributed by atoms with Crippen LogP contribution in [-0.2, 0) is 75.9 Å². The van der Waals surface area contributed by atoms with Gasteiger partial charge in [-0.15, -0.1) is 0 Å². The highest BCUT2D eigenvalue weighted by molar-refractivity contribution is 5.73. The molecule has 0 aromatic carbocycles. The number of likely N-dealkylation sites (N-methyl/N-ethyl adjacent to an activating group) is 2. The number of aliphatic hydroxyl groups is 8. The standard InChI is InChI=1S/C41H75NO12.C36H65NO12/c1-14-16-17-18-42(12)28-19-23(4)49-38(31(28)44)53-35-25(6)33(51-30-21-39(9,48-13)34(45)27(8)50-30)26(7)37(46)52-36(41(11,47)29(43)15-2)24(5)32-22(3)20-40(35,10)54-32;1-13-24(38)36(10,42)31-19(4)27-17(2)15-35(9,49-27)30(48-33-26(39)23(37-11)14-18(3)44-33)20(5)28(21(6)32(41)47-31)46-25-16-34(8,43-12)29(40)22(7)45-25/h22-36,38,43-45,47H,14-21H2,1-13H3;17-31,33,37-40,42H,13-16H2,1-12H3/t22?,23?,24-,25-,26+,27?,28?,29+,30-,31?,32?,33-,34-,35+,36+,38-,39?,40-,41+;17?,18?,19-,20-,21+,22?,23?,24+,25-,26?,27?,28-,29-,30+,31+,33-,34?,35-,36+/m00/s1. The molecule has 0 amide bonds. The molecule has 26 nitrogen and oxygen atoms in total. The number of esters is 2. The van der Waals surface area contributed by atoms with E-state index < -0.39 is 204 Å². The van der Waals surface area contributed by atoms with Crippen LogP contribution in [0.15, 0.2) is 0 Å². The molecule has 8 heterocycles. The van der Waals surface area contributed by atoms with Crippen molar-refractivity contribution in [2.45, 2.75) is 397 Å². The molecule has 14 unspecified atom stereocenters. The minimum atomic E-state index is -1.79. The summed E-state index contributed by atoms with van der Waals surface area (Å²) in [5, 5.41) is 93.9. The van der Waals surface area contributed by atoms with E-state index in [-0.39, 0.29) is 61.8 Å². The Labute approximate surface area is 615 Å². The number of carbonyl (C=O) groups is 2. The number of fused-ring (bicyclic) bond motifs is 4. The van der Waals surface area contributed by atoms with Crippen LogP contribution in [0.5, 0.6) is 0 Å². The molecule has 8 aliphatic heterocycles. The Morgan fingerprint density at radius 2 is 0.951 bits per heavy atom. The van der Waals surface area contributed by atoms with Crippen molar-refractivity contribution in [3.05, 3.63) is 0 Å². The summed E-state index contributed by atoms with van der Waals surface area (Å²) in [6.07, 6.45) is -11.5. The topological polar surface area (TPSA) is 340 Å². The molecule has 8 saturated heterocycles. The lowest BCUT2D eigenvalue weighted by molar-refractivity contribution is -0.318. The van der Waals surface area contributed by atoms with Gasteiger partial charge >= 0.3 is 11.9 Å². The van der Waals surface area contributed by atoms with E-state index >= 15 is 0 Å². The zero-order valence-electron chi connectivity index (χ0n) is 67.0. The Morgan fingerprint density at radius 3 is 1.32 bits per heavy atom. The molecule has 0 aliphatic carbocycles. The van der Waals surface area contributed by atoms with Crippen LogP contribution in [0.2, 0.25) is 0 Å². The first-order valence-electron chi connectivity index (χ1n) is 38.9. The minimum Gasteiger partial charge on any atom is -0.459 e. The highest BCUT2D eigenvalue weighted by atomic mass is 16.7. The number of unbranched alkanes of at least 4 members (excludes halogenated alkanes) is 2. The maximum Gasteiger partial charge on any atom is 0.311 e. The van der Waals surface area contributed by atoms with Gasteiger partial charge in [0.2, 0.25) is 0 Å². The third-order valence-corrected chi connectivity index (χ3v) is 25.5. The van der Waals surface area contributed by atoms with Crippen LogP contribution in [0.1, 0.15) is 216 Å². The molecule has 0 radical (unpaired) electrons. The second-order valence-corrected chi connectivity index (χ2v) is 34.1. The number of cyclic esters (lactones) is 2. The predicted molar refractivity (Wildman–Crippen MR) is 382 cm³/mol. The zero-order valence-corrected chi connectivity index (χ0v) is 67.0. The Hall–Kier alpha value is -1.94. The first kappa shape index (κ1) is 88.3. The van der Waals surface area contributed by atoms with E-state index in [9.17, 15) is 50.4 Å². The number of methoxy groups -OCH3 is 2. The molecule has 8 rings (SSSR count). The van der Waals surface area contributed by atoms with Gasteiger partial charge in [0.15, 0.2) is 25.2 Å². The van der Waals surface area contributed by atoms with Gasteiger partial charge in [-0.3, -0.25) is 9.59 Å². The Balaban J connectivity index is 0.000000290. The van der Waals surface area contributed by atoms with E-state index in [1.54, 1.807) is 62.4 Å². The van der Waals surface area contributed by atoms with E-state index in [0.717, 1.165) is 25.8 Å². The van der Waals surface area contributed by atoms with Crippen LogP contribution >= 0.6 is 0 Å². The summed E-state index contributed by atoms with van der Waals surface area (Å²) in [4.78, 5) is 30.8. The van der Waals surface area contributed by atoms with Gasteiger partial charge in [0.1, 0.15) is 47.8 Å². The maximum atomic E-state index is 14.4.